The Morgan fingerprint density at radius 1 is 1.30 bits per heavy atom. The summed E-state index contributed by atoms with van der Waals surface area (Å²) < 4.78 is 9.86. The molecule has 1 aromatic rings. The Labute approximate surface area is 126 Å². The third kappa shape index (κ3) is 4.85. The smallest absolute Gasteiger partial charge is 0.412 e. The Kier molecular flexibility index (Phi) is 5.56. The highest BCUT2D eigenvalue weighted by atomic mass is 79.9. The molecule has 1 N–H and O–H groups in total. The van der Waals surface area contributed by atoms with Gasteiger partial charge in [0.2, 0.25) is 0 Å². The second-order valence-corrected chi connectivity index (χ2v) is 5.69. The van der Waals surface area contributed by atoms with Crippen LogP contribution in [0.1, 0.15) is 36.7 Å². The number of hydrogen-bond acceptors (Lipinski definition) is 4. The van der Waals surface area contributed by atoms with Crippen molar-refractivity contribution in [2.24, 2.45) is 0 Å². The van der Waals surface area contributed by atoms with Crippen molar-refractivity contribution in [1.29, 1.82) is 0 Å². The second kappa shape index (κ2) is 6.74. The van der Waals surface area contributed by atoms with Crippen molar-refractivity contribution >= 4 is 33.7 Å². The maximum Gasteiger partial charge on any atom is 0.412 e. The molecule has 0 aliphatic rings. The number of amides is 1. The quantitative estimate of drug-likeness (QED) is 0.671. The molecule has 0 radical (unpaired) electrons. The lowest BCUT2D eigenvalue weighted by molar-refractivity contribution is 0.0602. The summed E-state index contributed by atoms with van der Waals surface area (Å²) in [7, 11) is 1.29. The summed E-state index contributed by atoms with van der Waals surface area (Å²) in [5, 5.41) is 3.18. The molecule has 0 atom stereocenters. The number of methoxy groups -OCH3 is 1. The predicted molar refractivity (Wildman–Crippen MR) is 80.3 cm³/mol. The van der Waals surface area contributed by atoms with Gasteiger partial charge in [-0.15, -0.1) is 0 Å². The van der Waals surface area contributed by atoms with E-state index in [9.17, 15) is 9.59 Å². The Hall–Kier alpha value is -1.56. The van der Waals surface area contributed by atoms with Crippen LogP contribution in [0.25, 0.3) is 0 Å². The molecule has 0 spiro atoms. The Morgan fingerprint density at radius 3 is 2.45 bits per heavy atom. The van der Waals surface area contributed by atoms with Gasteiger partial charge in [-0.25, -0.2) is 9.59 Å². The van der Waals surface area contributed by atoms with Gasteiger partial charge in [-0.1, -0.05) is 22.0 Å². The van der Waals surface area contributed by atoms with Crippen molar-refractivity contribution < 1.29 is 19.1 Å². The van der Waals surface area contributed by atoms with E-state index in [-0.39, 0.29) is 5.56 Å². The molecular weight excluding hydrogens is 326 g/mol. The minimum atomic E-state index is -0.616. The molecule has 1 rings (SSSR count). The molecule has 1 amide bonds. The lowest BCUT2D eigenvalue weighted by atomic mass is 10.1. The highest BCUT2D eigenvalue weighted by molar-refractivity contribution is 9.08. The highest BCUT2D eigenvalue weighted by Gasteiger charge is 2.19. The van der Waals surface area contributed by atoms with E-state index in [2.05, 4.69) is 21.2 Å². The first-order valence-electron chi connectivity index (χ1n) is 6.04. The number of halogens is 1. The molecule has 0 bridgehead atoms. The fourth-order valence-electron chi connectivity index (χ4n) is 1.48. The van der Waals surface area contributed by atoms with Gasteiger partial charge in [-0.3, -0.25) is 5.32 Å². The number of nitrogens with one attached hydrogen (secondary N) is 1. The van der Waals surface area contributed by atoms with Crippen molar-refractivity contribution in [3.63, 3.8) is 0 Å². The van der Waals surface area contributed by atoms with E-state index >= 15 is 0 Å². The summed E-state index contributed by atoms with van der Waals surface area (Å²) in [5.41, 5.74) is 0.956. The van der Waals surface area contributed by atoms with Crippen LogP contribution in [0.5, 0.6) is 0 Å². The normalized spacial score (nSPS) is 10.8. The number of rotatable bonds is 3. The van der Waals surface area contributed by atoms with Gasteiger partial charge in [0, 0.05) is 5.33 Å². The molecule has 1 aromatic carbocycles. The first-order valence-corrected chi connectivity index (χ1v) is 7.16. The first-order chi connectivity index (χ1) is 9.26. The third-order valence-corrected chi connectivity index (χ3v) is 2.93. The second-order valence-electron chi connectivity index (χ2n) is 5.13. The predicted octanol–water partition coefficient (Wildman–Crippen LogP) is 3.72. The first kappa shape index (κ1) is 16.5. The molecule has 5 nitrogen and oxygen atoms in total. The Balaban J connectivity index is 3.01. The fourth-order valence-corrected chi connectivity index (χ4v) is 1.83. The minimum Gasteiger partial charge on any atom is -0.465 e. The van der Waals surface area contributed by atoms with Gasteiger partial charge in [0.15, 0.2) is 0 Å². The Bertz CT molecular complexity index is 508. The number of carbonyl (C=O) groups excluding carboxylic acids is 2. The van der Waals surface area contributed by atoms with E-state index < -0.39 is 17.7 Å². The van der Waals surface area contributed by atoms with Gasteiger partial charge in [-0.2, -0.15) is 0 Å². The number of carbonyl (C=O) groups is 2. The minimum absolute atomic E-state index is 0.281. The van der Waals surface area contributed by atoms with Gasteiger partial charge in [0.25, 0.3) is 0 Å². The largest absolute Gasteiger partial charge is 0.465 e. The highest BCUT2D eigenvalue weighted by Crippen LogP contribution is 2.21. The monoisotopic (exact) mass is 343 g/mol. The molecule has 20 heavy (non-hydrogen) atoms. The van der Waals surface area contributed by atoms with E-state index in [1.165, 1.54) is 7.11 Å². The van der Waals surface area contributed by atoms with E-state index in [0.29, 0.717) is 11.0 Å². The summed E-state index contributed by atoms with van der Waals surface area (Å²) in [6.45, 7) is 5.30. The molecular formula is C14H18BrNO4. The van der Waals surface area contributed by atoms with Crippen LogP contribution in [0.3, 0.4) is 0 Å². The van der Waals surface area contributed by atoms with Gasteiger partial charge in [0.05, 0.1) is 18.4 Å². The number of esters is 1. The molecule has 110 valence electrons. The van der Waals surface area contributed by atoms with E-state index in [1.54, 1.807) is 39.0 Å². The van der Waals surface area contributed by atoms with E-state index in [1.807, 2.05) is 0 Å². The van der Waals surface area contributed by atoms with E-state index in [4.69, 9.17) is 9.47 Å². The number of benzene rings is 1. The molecule has 0 fully saturated rings. The van der Waals surface area contributed by atoms with Crippen LogP contribution in [0.4, 0.5) is 10.5 Å². The number of hydrogen-bond donors (Lipinski definition) is 1. The van der Waals surface area contributed by atoms with Crippen LogP contribution in [-0.4, -0.2) is 24.8 Å². The van der Waals surface area contributed by atoms with Gasteiger partial charge in [0.1, 0.15) is 5.60 Å². The molecule has 0 saturated carbocycles. The molecule has 0 aliphatic carbocycles. The molecule has 0 unspecified atom stereocenters. The lowest BCUT2D eigenvalue weighted by Gasteiger charge is -2.20. The van der Waals surface area contributed by atoms with E-state index in [0.717, 1.165) is 5.56 Å². The summed E-state index contributed by atoms with van der Waals surface area (Å²) >= 11 is 3.33. The van der Waals surface area contributed by atoms with Crippen molar-refractivity contribution in [3.05, 3.63) is 29.3 Å². The lowest BCUT2D eigenvalue weighted by Crippen LogP contribution is -2.27. The summed E-state index contributed by atoms with van der Waals surface area (Å²) in [5.74, 6) is -0.516. The van der Waals surface area contributed by atoms with Crippen molar-refractivity contribution in [1.82, 2.24) is 0 Å². The third-order valence-electron chi connectivity index (χ3n) is 2.28. The molecule has 0 aromatic heterocycles. The Morgan fingerprint density at radius 2 is 1.95 bits per heavy atom. The maximum atomic E-state index is 11.8. The van der Waals surface area contributed by atoms with Crippen molar-refractivity contribution in [3.8, 4) is 0 Å². The number of alkyl halides is 1. The van der Waals surface area contributed by atoms with Gasteiger partial charge < -0.3 is 9.47 Å². The van der Waals surface area contributed by atoms with Crippen LogP contribution >= 0.6 is 15.9 Å². The topological polar surface area (TPSA) is 64.6 Å². The van der Waals surface area contributed by atoms with Crippen LogP contribution in [-0.2, 0) is 14.8 Å². The SMILES string of the molecule is COC(=O)c1ccc(CBr)cc1NC(=O)OC(C)(C)C. The number of ether oxygens (including phenoxy) is 2. The van der Waals surface area contributed by atoms with Crippen LogP contribution in [0.2, 0.25) is 0 Å². The standard InChI is InChI=1S/C14H18BrNO4/c1-14(2,3)20-13(18)16-11-7-9(8-15)5-6-10(11)12(17)19-4/h5-7H,8H2,1-4H3,(H,16,18). The van der Waals surface area contributed by atoms with Crippen LogP contribution in [0.15, 0.2) is 18.2 Å². The number of anilines is 1. The molecule has 0 saturated heterocycles. The van der Waals surface area contributed by atoms with Crippen molar-refractivity contribution in [2.75, 3.05) is 12.4 Å². The average Bonchev–Trinajstić information content (AvgIpc) is 2.35. The van der Waals surface area contributed by atoms with Gasteiger partial charge in [-0.05, 0) is 38.5 Å². The molecule has 6 heteroatoms. The van der Waals surface area contributed by atoms with Gasteiger partial charge >= 0.3 is 12.1 Å². The average molecular weight is 344 g/mol. The van der Waals surface area contributed by atoms with Crippen LogP contribution < -0.4 is 5.32 Å². The summed E-state index contributed by atoms with van der Waals surface area (Å²) in [6, 6.07) is 5.08. The molecule has 0 heterocycles. The zero-order valence-corrected chi connectivity index (χ0v) is 13.5. The van der Waals surface area contributed by atoms with Crippen LogP contribution in [0, 0.1) is 0 Å². The fraction of sp³-hybridized carbons (Fsp3) is 0.429. The zero-order valence-electron chi connectivity index (χ0n) is 12.0. The summed E-state index contributed by atoms with van der Waals surface area (Å²) in [6.07, 6.45) is -0.616. The van der Waals surface area contributed by atoms with Crippen molar-refractivity contribution in [2.45, 2.75) is 31.7 Å². The maximum absolute atomic E-state index is 11.8. The summed E-state index contributed by atoms with van der Waals surface area (Å²) in [4.78, 5) is 23.5. The molecule has 0 aliphatic heterocycles. The zero-order chi connectivity index (χ0) is 15.3.